The largest absolute Gasteiger partial charge is 0.416 e. The Morgan fingerprint density at radius 2 is 1.71 bits per heavy atom. The molecule has 0 aliphatic heterocycles. The Kier molecular flexibility index (Phi) is 3.12. The van der Waals surface area contributed by atoms with Crippen LogP contribution in [0.1, 0.15) is 29.2 Å². The lowest BCUT2D eigenvalue weighted by atomic mass is 9.72. The van der Waals surface area contributed by atoms with Crippen molar-refractivity contribution in [2.45, 2.75) is 25.1 Å². The minimum Gasteiger partial charge on any atom is -0.281 e. The van der Waals surface area contributed by atoms with E-state index in [-0.39, 0.29) is 5.54 Å². The first kappa shape index (κ1) is 13.9. The topological polar surface area (TPSA) is 12.4 Å². The number of rotatable bonds is 2. The van der Waals surface area contributed by atoms with Crippen LogP contribution in [0.25, 0.3) is 0 Å². The number of hydrogen-bond acceptors (Lipinski definition) is 1. The molecule has 1 aliphatic carbocycles. The lowest BCUT2D eigenvalue weighted by Crippen LogP contribution is -2.33. The zero-order valence-corrected chi connectivity index (χ0v) is 11.5. The molecule has 0 amide bonds. The van der Waals surface area contributed by atoms with Crippen LogP contribution < -0.4 is 0 Å². The fourth-order valence-electron chi connectivity index (χ4n) is 2.65. The van der Waals surface area contributed by atoms with E-state index in [0.29, 0.717) is 5.56 Å². The van der Waals surface area contributed by atoms with Gasteiger partial charge in [0, 0.05) is 12.6 Å². The summed E-state index contributed by atoms with van der Waals surface area (Å²) < 4.78 is 37.5. The number of aliphatic imine (C=N–C) groups is 1. The van der Waals surface area contributed by atoms with E-state index in [2.05, 4.69) is 11.1 Å². The first-order chi connectivity index (χ1) is 9.88. The smallest absolute Gasteiger partial charge is 0.281 e. The molecule has 0 fully saturated rings. The summed E-state index contributed by atoms with van der Waals surface area (Å²) >= 11 is 0. The van der Waals surface area contributed by atoms with Gasteiger partial charge in [-0.1, -0.05) is 36.4 Å². The predicted molar refractivity (Wildman–Crippen MR) is 76.5 cm³/mol. The highest BCUT2D eigenvalue weighted by atomic mass is 19.4. The standard InChI is InChI=1S/C17H14F3N/c1-16(10-13-4-2-3-5-15(13)16)21-11-12-6-8-14(9-7-12)17(18,19)20/h2-9,11H,10H2,1H3. The highest BCUT2D eigenvalue weighted by Crippen LogP contribution is 2.41. The van der Waals surface area contributed by atoms with Gasteiger partial charge in [0.1, 0.15) is 0 Å². The minimum absolute atomic E-state index is 0.265. The van der Waals surface area contributed by atoms with Crippen molar-refractivity contribution >= 4 is 6.21 Å². The summed E-state index contributed by atoms with van der Waals surface area (Å²) in [6, 6.07) is 13.1. The summed E-state index contributed by atoms with van der Waals surface area (Å²) in [5.74, 6) is 0. The Balaban J connectivity index is 1.79. The first-order valence-corrected chi connectivity index (χ1v) is 6.69. The van der Waals surface area contributed by atoms with Gasteiger partial charge in [0.2, 0.25) is 0 Å². The maximum atomic E-state index is 12.5. The highest BCUT2D eigenvalue weighted by Gasteiger charge is 2.37. The predicted octanol–water partition coefficient (Wildman–Crippen LogP) is 4.60. The van der Waals surface area contributed by atoms with Gasteiger partial charge in [0.25, 0.3) is 0 Å². The Morgan fingerprint density at radius 1 is 1.05 bits per heavy atom. The normalized spacial score (nSPS) is 21.1. The third kappa shape index (κ3) is 2.58. The molecule has 0 radical (unpaired) electrons. The van der Waals surface area contributed by atoms with Gasteiger partial charge in [-0.05, 0) is 35.7 Å². The summed E-state index contributed by atoms with van der Waals surface area (Å²) in [4.78, 5) is 4.56. The van der Waals surface area contributed by atoms with Crippen LogP contribution in [-0.4, -0.2) is 6.21 Å². The molecule has 0 saturated heterocycles. The third-order valence-electron chi connectivity index (χ3n) is 3.87. The fraction of sp³-hybridized carbons (Fsp3) is 0.235. The maximum Gasteiger partial charge on any atom is 0.416 e. The average molecular weight is 289 g/mol. The lowest BCUT2D eigenvalue weighted by Gasteiger charge is -2.37. The van der Waals surface area contributed by atoms with E-state index >= 15 is 0 Å². The van der Waals surface area contributed by atoms with E-state index in [4.69, 9.17) is 0 Å². The number of nitrogens with zero attached hydrogens (tertiary/aromatic N) is 1. The van der Waals surface area contributed by atoms with Crippen LogP contribution in [0.4, 0.5) is 13.2 Å². The highest BCUT2D eigenvalue weighted by molar-refractivity contribution is 5.80. The van der Waals surface area contributed by atoms with E-state index in [9.17, 15) is 13.2 Å². The molecular weight excluding hydrogens is 275 g/mol. The second-order valence-corrected chi connectivity index (χ2v) is 5.49. The van der Waals surface area contributed by atoms with Gasteiger partial charge >= 0.3 is 6.18 Å². The molecule has 1 nitrogen and oxygen atoms in total. The molecule has 21 heavy (non-hydrogen) atoms. The molecule has 0 spiro atoms. The van der Waals surface area contributed by atoms with Crippen molar-refractivity contribution in [2.75, 3.05) is 0 Å². The molecule has 0 N–H and O–H groups in total. The summed E-state index contributed by atoms with van der Waals surface area (Å²) in [6.07, 6.45) is -1.79. The van der Waals surface area contributed by atoms with Crippen molar-refractivity contribution < 1.29 is 13.2 Å². The molecule has 108 valence electrons. The molecule has 2 aromatic carbocycles. The Bertz CT molecular complexity index is 686. The van der Waals surface area contributed by atoms with Crippen molar-refractivity contribution in [1.82, 2.24) is 0 Å². The Hall–Kier alpha value is -2.10. The van der Waals surface area contributed by atoms with E-state index in [1.165, 1.54) is 23.3 Å². The van der Waals surface area contributed by atoms with Crippen LogP contribution in [0.3, 0.4) is 0 Å². The van der Waals surface area contributed by atoms with E-state index in [1.54, 1.807) is 6.21 Å². The van der Waals surface area contributed by atoms with Crippen LogP contribution in [0.2, 0.25) is 0 Å². The Labute approximate surface area is 121 Å². The summed E-state index contributed by atoms with van der Waals surface area (Å²) in [6.45, 7) is 2.04. The Morgan fingerprint density at radius 3 is 2.33 bits per heavy atom. The van der Waals surface area contributed by atoms with Crippen LogP contribution in [-0.2, 0) is 18.1 Å². The van der Waals surface area contributed by atoms with Crippen molar-refractivity contribution in [3.63, 3.8) is 0 Å². The average Bonchev–Trinajstić information content (AvgIpc) is 2.44. The fourth-order valence-corrected chi connectivity index (χ4v) is 2.65. The SMILES string of the molecule is CC1(N=Cc2ccc(C(F)(F)F)cc2)Cc2ccccc21. The third-order valence-corrected chi connectivity index (χ3v) is 3.87. The number of hydrogen-bond donors (Lipinski definition) is 0. The molecule has 1 atom stereocenters. The molecule has 0 aromatic heterocycles. The molecule has 0 heterocycles. The molecular formula is C17H14F3N. The minimum atomic E-state index is -4.30. The van der Waals surface area contributed by atoms with Crippen molar-refractivity contribution in [3.05, 3.63) is 70.8 Å². The molecule has 3 rings (SSSR count). The summed E-state index contributed by atoms with van der Waals surface area (Å²) in [7, 11) is 0. The lowest BCUT2D eigenvalue weighted by molar-refractivity contribution is -0.137. The molecule has 0 saturated carbocycles. The van der Waals surface area contributed by atoms with Gasteiger partial charge in [0.05, 0.1) is 11.1 Å². The monoisotopic (exact) mass is 289 g/mol. The van der Waals surface area contributed by atoms with Crippen LogP contribution >= 0.6 is 0 Å². The summed E-state index contributed by atoms with van der Waals surface area (Å²) in [5, 5.41) is 0. The quantitative estimate of drug-likeness (QED) is 0.717. The van der Waals surface area contributed by atoms with Crippen LogP contribution in [0.5, 0.6) is 0 Å². The second kappa shape index (κ2) is 4.72. The van der Waals surface area contributed by atoms with Crippen LogP contribution in [0, 0.1) is 0 Å². The van der Waals surface area contributed by atoms with Gasteiger partial charge in [0.15, 0.2) is 0 Å². The van der Waals surface area contributed by atoms with Gasteiger partial charge in [-0.25, -0.2) is 0 Å². The van der Waals surface area contributed by atoms with Gasteiger partial charge in [-0.2, -0.15) is 13.2 Å². The molecule has 1 unspecified atom stereocenters. The van der Waals surface area contributed by atoms with Gasteiger partial charge in [-0.15, -0.1) is 0 Å². The first-order valence-electron chi connectivity index (χ1n) is 6.69. The number of alkyl halides is 3. The van der Waals surface area contributed by atoms with Crippen LogP contribution in [0.15, 0.2) is 53.5 Å². The second-order valence-electron chi connectivity index (χ2n) is 5.49. The van der Waals surface area contributed by atoms with Gasteiger partial charge < -0.3 is 0 Å². The number of fused-ring (bicyclic) bond motifs is 1. The van der Waals surface area contributed by atoms with E-state index < -0.39 is 11.7 Å². The van der Waals surface area contributed by atoms with Crippen molar-refractivity contribution in [2.24, 2.45) is 4.99 Å². The van der Waals surface area contributed by atoms with Gasteiger partial charge in [-0.3, -0.25) is 4.99 Å². The molecule has 4 heteroatoms. The number of halogens is 3. The van der Waals surface area contributed by atoms with Crippen molar-refractivity contribution in [3.8, 4) is 0 Å². The summed E-state index contributed by atoms with van der Waals surface area (Å²) in [5.41, 5.74) is 2.24. The number of benzene rings is 2. The van der Waals surface area contributed by atoms with E-state index in [0.717, 1.165) is 18.6 Å². The molecule has 1 aliphatic rings. The van der Waals surface area contributed by atoms with E-state index in [1.807, 2.05) is 25.1 Å². The zero-order valence-electron chi connectivity index (χ0n) is 11.5. The zero-order chi connectivity index (χ0) is 15.1. The maximum absolute atomic E-state index is 12.5. The van der Waals surface area contributed by atoms with Crippen molar-refractivity contribution in [1.29, 1.82) is 0 Å². The molecule has 0 bridgehead atoms. The molecule has 2 aromatic rings.